The van der Waals surface area contributed by atoms with Crippen LogP contribution in [0.5, 0.6) is 0 Å². The van der Waals surface area contributed by atoms with Gasteiger partial charge in [-0.1, -0.05) is 18.5 Å². The van der Waals surface area contributed by atoms with Gasteiger partial charge in [0.25, 0.3) is 5.69 Å². The van der Waals surface area contributed by atoms with Crippen molar-refractivity contribution < 1.29 is 14.1 Å². The van der Waals surface area contributed by atoms with Crippen LogP contribution in [0.4, 0.5) is 10.1 Å². The third kappa shape index (κ3) is 2.76. The minimum absolute atomic E-state index is 0.0544. The molecule has 4 nitrogen and oxygen atoms in total. The van der Waals surface area contributed by atoms with Gasteiger partial charge in [-0.3, -0.25) is 14.9 Å². The molecule has 1 rings (SSSR count). The van der Waals surface area contributed by atoms with Gasteiger partial charge in [0.05, 0.1) is 9.95 Å². The molecule has 86 valence electrons. The van der Waals surface area contributed by atoms with E-state index in [1.165, 1.54) is 0 Å². The van der Waals surface area contributed by atoms with Crippen LogP contribution in [0.2, 0.25) is 5.02 Å². The van der Waals surface area contributed by atoms with Crippen LogP contribution < -0.4 is 0 Å². The van der Waals surface area contributed by atoms with E-state index in [4.69, 9.17) is 11.6 Å². The third-order valence-electron chi connectivity index (χ3n) is 2.10. The highest BCUT2D eigenvalue weighted by Crippen LogP contribution is 2.26. The molecule has 0 N–H and O–H groups in total. The van der Waals surface area contributed by atoms with Gasteiger partial charge in [0.1, 0.15) is 11.6 Å². The van der Waals surface area contributed by atoms with E-state index in [0.29, 0.717) is 0 Å². The van der Waals surface area contributed by atoms with Crippen LogP contribution in [0, 0.1) is 15.9 Å². The highest BCUT2D eigenvalue weighted by Gasteiger charge is 2.19. The number of halogens is 2. The molecule has 0 spiro atoms. The van der Waals surface area contributed by atoms with Crippen molar-refractivity contribution in [3.05, 3.63) is 38.7 Å². The molecule has 0 aliphatic heterocycles. The number of hydrogen-bond acceptors (Lipinski definition) is 3. The Morgan fingerprint density at radius 2 is 2.19 bits per heavy atom. The summed E-state index contributed by atoms with van der Waals surface area (Å²) >= 11 is 5.44. The topological polar surface area (TPSA) is 60.2 Å². The van der Waals surface area contributed by atoms with Crippen molar-refractivity contribution in [2.45, 2.75) is 19.8 Å². The number of carbonyl (C=O) groups excluding carboxylic acids is 1. The summed E-state index contributed by atoms with van der Waals surface area (Å²) in [4.78, 5) is 21.2. The first-order valence-electron chi connectivity index (χ1n) is 4.59. The van der Waals surface area contributed by atoms with E-state index in [9.17, 15) is 19.3 Å². The van der Waals surface area contributed by atoms with Crippen LogP contribution in [0.15, 0.2) is 12.1 Å². The van der Waals surface area contributed by atoms with E-state index >= 15 is 0 Å². The summed E-state index contributed by atoms with van der Waals surface area (Å²) in [5.41, 5.74) is -0.271. The van der Waals surface area contributed by atoms with E-state index in [-0.39, 0.29) is 34.9 Å². The predicted molar refractivity (Wildman–Crippen MR) is 57.1 cm³/mol. The first kappa shape index (κ1) is 12.6. The number of ketones is 1. The normalized spacial score (nSPS) is 10.2. The molecule has 0 aliphatic rings. The molecule has 0 heterocycles. The number of Topliss-reactive ketones (excluding diaryl/α,β-unsaturated/α-hetero) is 1. The highest BCUT2D eigenvalue weighted by atomic mass is 35.5. The summed E-state index contributed by atoms with van der Waals surface area (Å²) in [6.07, 6.45) is 0.0995. The molecule has 0 fully saturated rings. The zero-order valence-corrected chi connectivity index (χ0v) is 9.25. The number of nitrogens with zero attached hydrogens (tertiary/aromatic N) is 1. The van der Waals surface area contributed by atoms with Crippen molar-refractivity contribution in [1.82, 2.24) is 0 Å². The summed E-state index contributed by atoms with van der Waals surface area (Å²) in [5.74, 6) is -0.948. The predicted octanol–water partition coefficient (Wildman–Crippen LogP) is 2.91. The largest absolute Gasteiger partial charge is 0.299 e. The Hall–Kier alpha value is -1.49. The molecule has 0 saturated carbocycles. The van der Waals surface area contributed by atoms with Gasteiger partial charge in [0.2, 0.25) is 0 Å². The van der Waals surface area contributed by atoms with Gasteiger partial charge in [-0.25, -0.2) is 4.39 Å². The molecule has 0 bridgehead atoms. The average Bonchev–Trinajstić information content (AvgIpc) is 2.22. The maximum Gasteiger partial charge on any atom is 0.274 e. The monoisotopic (exact) mass is 245 g/mol. The maximum atomic E-state index is 13.1. The molecular weight excluding hydrogens is 237 g/mol. The van der Waals surface area contributed by atoms with Crippen molar-refractivity contribution in [3.8, 4) is 0 Å². The second kappa shape index (κ2) is 5.03. The van der Waals surface area contributed by atoms with Gasteiger partial charge in [-0.05, 0) is 6.07 Å². The van der Waals surface area contributed by atoms with Gasteiger partial charge in [0, 0.05) is 24.5 Å². The number of rotatable bonds is 4. The van der Waals surface area contributed by atoms with Crippen LogP contribution in [0.3, 0.4) is 0 Å². The summed E-state index contributed by atoms with van der Waals surface area (Å²) in [6.45, 7) is 1.64. The summed E-state index contributed by atoms with van der Waals surface area (Å²) in [5, 5.41) is 10.3. The lowest BCUT2D eigenvalue weighted by Gasteiger charge is -2.03. The first-order chi connectivity index (χ1) is 7.45. The molecule has 0 aliphatic carbocycles. The van der Waals surface area contributed by atoms with Crippen molar-refractivity contribution in [2.24, 2.45) is 0 Å². The number of benzene rings is 1. The van der Waals surface area contributed by atoms with Gasteiger partial charge >= 0.3 is 0 Å². The number of carbonyl (C=O) groups is 1. The van der Waals surface area contributed by atoms with E-state index in [1.807, 2.05) is 0 Å². The lowest BCUT2D eigenvalue weighted by Crippen LogP contribution is -2.04. The van der Waals surface area contributed by atoms with Crippen molar-refractivity contribution in [1.29, 1.82) is 0 Å². The summed E-state index contributed by atoms with van der Waals surface area (Å²) < 4.78 is 13.1. The number of hydrogen-bond donors (Lipinski definition) is 0. The Balaban J connectivity index is 3.19. The van der Waals surface area contributed by atoms with E-state index in [0.717, 1.165) is 12.1 Å². The van der Waals surface area contributed by atoms with Gasteiger partial charge in [-0.15, -0.1) is 0 Å². The molecular formula is C10H9ClFNO3. The van der Waals surface area contributed by atoms with E-state index in [1.54, 1.807) is 6.92 Å². The van der Waals surface area contributed by atoms with Crippen molar-refractivity contribution in [3.63, 3.8) is 0 Å². The third-order valence-corrected chi connectivity index (χ3v) is 2.39. The van der Waals surface area contributed by atoms with Crippen LogP contribution in [-0.4, -0.2) is 10.7 Å². The van der Waals surface area contributed by atoms with Crippen molar-refractivity contribution >= 4 is 23.1 Å². The second-order valence-electron chi connectivity index (χ2n) is 3.22. The fourth-order valence-electron chi connectivity index (χ4n) is 1.23. The Labute approximate surface area is 96.2 Å². The average molecular weight is 246 g/mol. The number of nitro groups is 1. The van der Waals surface area contributed by atoms with Gasteiger partial charge in [0.15, 0.2) is 0 Å². The van der Waals surface area contributed by atoms with Crippen LogP contribution in [-0.2, 0) is 11.2 Å². The van der Waals surface area contributed by atoms with Crippen LogP contribution in [0.1, 0.15) is 18.9 Å². The molecule has 0 atom stereocenters. The molecule has 0 aromatic heterocycles. The summed E-state index contributed by atoms with van der Waals surface area (Å²) in [7, 11) is 0. The highest BCUT2D eigenvalue weighted by molar-refractivity contribution is 6.31. The van der Waals surface area contributed by atoms with Crippen LogP contribution in [0.25, 0.3) is 0 Å². The van der Waals surface area contributed by atoms with E-state index < -0.39 is 10.7 Å². The number of nitro benzene ring substituents is 1. The molecule has 1 aromatic carbocycles. The molecule has 0 radical (unpaired) electrons. The van der Waals surface area contributed by atoms with Crippen molar-refractivity contribution in [2.75, 3.05) is 0 Å². The Kier molecular flexibility index (Phi) is 3.95. The minimum atomic E-state index is -0.758. The fraction of sp³-hybridized carbons (Fsp3) is 0.300. The molecule has 16 heavy (non-hydrogen) atoms. The van der Waals surface area contributed by atoms with Crippen LogP contribution >= 0.6 is 11.6 Å². The molecule has 0 unspecified atom stereocenters. The SMILES string of the molecule is CCC(=O)Cc1cc(F)c(Cl)cc1[N+](=O)[O-]. The second-order valence-corrected chi connectivity index (χ2v) is 3.63. The zero-order chi connectivity index (χ0) is 12.3. The molecule has 0 saturated heterocycles. The standard InChI is InChI=1S/C10H9ClFNO3/c1-2-7(14)3-6-4-9(12)8(11)5-10(6)13(15)16/h4-5H,2-3H2,1H3. The quantitative estimate of drug-likeness (QED) is 0.605. The molecule has 1 aromatic rings. The Morgan fingerprint density at radius 3 is 2.69 bits per heavy atom. The van der Waals surface area contributed by atoms with Gasteiger partial charge < -0.3 is 0 Å². The molecule has 0 amide bonds. The lowest BCUT2D eigenvalue weighted by molar-refractivity contribution is -0.385. The smallest absolute Gasteiger partial charge is 0.274 e. The molecule has 6 heteroatoms. The minimum Gasteiger partial charge on any atom is -0.299 e. The lowest BCUT2D eigenvalue weighted by atomic mass is 10.1. The fourth-order valence-corrected chi connectivity index (χ4v) is 1.38. The maximum absolute atomic E-state index is 13.1. The van der Waals surface area contributed by atoms with E-state index in [2.05, 4.69) is 0 Å². The Bertz CT molecular complexity index is 448. The first-order valence-corrected chi connectivity index (χ1v) is 4.97. The zero-order valence-electron chi connectivity index (χ0n) is 8.50. The summed E-state index contributed by atoms with van der Waals surface area (Å²) in [6, 6.07) is 1.86. The van der Waals surface area contributed by atoms with Gasteiger partial charge in [-0.2, -0.15) is 0 Å². The Morgan fingerprint density at radius 1 is 1.56 bits per heavy atom.